The highest BCUT2D eigenvalue weighted by atomic mass is 19.4. The van der Waals surface area contributed by atoms with E-state index < -0.39 is 35.6 Å². The van der Waals surface area contributed by atoms with Crippen LogP contribution in [0.25, 0.3) is 0 Å². The van der Waals surface area contributed by atoms with Crippen molar-refractivity contribution in [3.8, 4) is 0 Å². The van der Waals surface area contributed by atoms with E-state index in [1.165, 1.54) is 6.92 Å². The molecule has 0 fully saturated rings. The van der Waals surface area contributed by atoms with Gasteiger partial charge in [0.25, 0.3) is 0 Å². The van der Waals surface area contributed by atoms with Crippen LogP contribution in [0.15, 0.2) is 0 Å². The Kier molecular flexibility index (Phi) is 5.16. The zero-order valence-corrected chi connectivity index (χ0v) is 11.7. The number of carbonyl (C=O) groups excluding carboxylic acids is 2. The first kappa shape index (κ1) is 17.9. The summed E-state index contributed by atoms with van der Waals surface area (Å²) in [4.78, 5) is 22.9. The van der Waals surface area contributed by atoms with Crippen LogP contribution in [0.3, 0.4) is 0 Å². The number of carbonyl (C=O) groups is 2. The normalized spacial score (nSPS) is 17.5. The van der Waals surface area contributed by atoms with Gasteiger partial charge in [-0.3, -0.25) is 9.59 Å². The summed E-state index contributed by atoms with van der Waals surface area (Å²) in [5.41, 5.74) is -3.73. The fourth-order valence-corrected chi connectivity index (χ4v) is 1.55. The van der Waals surface area contributed by atoms with E-state index in [0.29, 0.717) is 6.92 Å². The fourth-order valence-electron chi connectivity index (χ4n) is 1.55. The van der Waals surface area contributed by atoms with Gasteiger partial charge in [0.2, 0.25) is 5.91 Å². The van der Waals surface area contributed by atoms with Gasteiger partial charge in [0.05, 0.1) is 12.5 Å². The van der Waals surface area contributed by atoms with Gasteiger partial charge in [-0.25, -0.2) is 0 Å². The molecule has 0 aliphatic rings. The molecule has 2 N–H and O–H groups in total. The molecular formula is C12H20F3NO3. The Labute approximate surface area is 110 Å². The molecule has 0 saturated carbocycles. The average molecular weight is 283 g/mol. The summed E-state index contributed by atoms with van der Waals surface area (Å²) >= 11 is 0. The number of rotatable bonds is 4. The van der Waals surface area contributed by atoms with E-state index in [-0.39, 0.29) is 5.78 Å². The molecule has 4 nitrogen and oxygen atoms in total. The van der Waals surface area contributed by atoms with Crippen molar-refractivity contribution in [1.29, 1.82) is 0 Å². The van der Waals surface area contributed by atoms with Crippen LogP contribution in [-0.4, -0.2) is 34.6 Å². The second-order valence-corrected chi connectivity index (χ2v) is 5.93. The van der Waals surface area contributed by atoms with E-state index in [0.717, 1.165) is 0 Å². The van der Waals surface area contributed by atoms with Crippen LogP contribution in [0.5, 0.6) is 0 Å². The molecule has 0 aromatic carbocycles. The van der Waals surface area contributed by atoms with Gasteiger partial charge in [-0.2, -0.15) is 13.2 Å². The number of Topliss-reactive ketones (excluding diaryl/α,β-unsaturated/α-hetero) is 1. The van der Waals surface area contributed by atoms with Gasteiger partial charge >= 0.3 is 6.18 Å². The summed E-state index contributed by atoms with van der Waals surface area (Å²) in [7, 11) is 0. The van der Waals surface area contributed by atoms with Gasteiger partial charge in [-0.1, -0.05) is 20.8 Å². The van der Waals surface area contributed by atoms with Crippen LogP contribution >= 0.6 is 0 Å². The zero-order valence-electron chi connectivity index (χ0n) is 11.7. The van der Waals surface area contributed by atoms with Crippen LogP contribution in [-0.2, 0) is 9.59 Å². The lowest BCUT2D eigenvalue weighted by Crippen LogP contribution is -2.52. The van der Waals surface area contributed by atoms with E-state index >= 15 is 0 Å². The van der Waals surface area contributed by atoms with Crippen molar-refractivity contribution in [3.05, 3.63) is 0 Å². The Hall–Kier alpha value is -1.11. The number of aliphatic hydroxyl groups is 1. The maximum absolute atomic E-state index is 12.4. The number of amides is 1. The summed E-state index contributed by atoms with van der Waals surface area (Å²) in [5.74, 6) is -1.37. The number of hydrogen-bond acceptors (Lipinski definition) is 3. The highest BCUT2D eigenvalue weighted by Gasteiger charge is 2.51. The highest BCUT2D eigenvalue weighted by molar-refractivity contribution is 5.88. The molecule has 0 heterocycles. The van der Waals surface area contributed by atoms with Crippen molar-refractivity contribution in [3.63, 3.8) is 0 Å². The third-order valence-electron chi connectivity index (χ3n) is 2.69. The first-order valence-corrected chi connectivity index (χ1v) is 5.77. The molecule has 0 spiro atoms. The van der Waals surface area contributed by atoms with Gasteiger partial charge in [-0.05, 0) is 19.3 Å². The average Bonchev–Trinajstić information content (AvgIpc) is 2.08. The molecule has 2 atom stereocenters. The first-order valence-electron chi connectivity index (χ1n) is 5.77. The minimum Gasteiger partial charge on any atom is -0.380 e. The topological polar surface area (TPSA) is 66.4 Å². The Morgan fingerprint density at radius 1 is 1.16 bits per heavy atom. The number of ketones is 1. The van der Waals surface area contributed by atoms with Crippen molar-refractivity contribution in [2.75, 3.05) is 0 Å². The van der Waals surface area contributed by atoms with Crippen LogP contribution in [0.4, 0.5) is 13.2 Å². The van der Waals surface area contributed by atoms with E-state index in [1.807, 2.05) is 0 Å². The standard InChI is InChI=1S/C12H20F3NO3/c1-7(17)9(10(2,3)4)16-8(18)6-11(5,19)12(13,14)15/h9,19H,6H2,1-5H3,(H,16,18). The lowest BCUT2D eigenvalue weighted by atomic mass is 9.84. The predicted octanol–water partition coefficient (Wildman–Crippen LogP) is 1.81. The molecule has 0 bridgehead atoms. The molecule has 0 radical (unpaired) electrons. The van der Waals surface area contributed by atoms with Gasteiger partial charge in [0.1, 0.15) is 0 Å². The number of hydrogen-bond donors (Lipinski definition) is 2. The van der Waals surface area contributed by atoms with Crippen LogP contribution in [0.1, 0.15) is 41.0 Å². The molecule has 0 aromatic heterocycles. The largest absolute Gasteiger partial charge is 0.417 e. The smallest absolute Gasteiger partial charge is 0.380 e. The molecule has 19 heavy (non-hydrogen) atoms. The van der Waals surface area contributed by atoms with Crippen LogP contribution in [0, 0.1) is 5.41 Å². The maximum Gasteiger partial charge on any atom is 0.417 e. The van der Waals surface area contributed by atoms with Gasteiger partial charge in [0, 0.05) is 0 Å². The van der Waals surface area contributed by atoms with Gasteiger partial charge in [-0.15, -0.1) is 0 Å². The number of nitrogens with one attached hydrogen (secondary N) is 1. The van der Waals surface area contributed by atoms with Crippen molar-refractivity contribution in [2.24, 2.45) is 5.41 Å². The Bertz CT molecular complexity index is 356. The summed E-state index contributed by atoms with van der Waals surface area (Å²) in [5, 5.41) is 11.4. The lowest BCUT2D eigenvalue weighted by molar-refractivity contribution is -0.253. The molecular weight excluding hydrogens is 263 g/mol. The molecule has 7 heteroatoms. The van der Waals surface area contributed by atoms with Crippen LogP contribution < -0.4 is 5.32 Å². The van der Waals surface area contributed by atoms with E-state index in [4.69, 9.17) is 0 Å². The minimum absolute atomic E-state index is 0.354. The van der Waals surface area contributed by atoms with Crippen LogP contribution in [0.2, 0.25) is 0 Å². The minimum atomic E-state index is -4.90. The second kappa shape index (κ2) is 5.48. The number of halogens is 3. The van der Waals surface area contributed by atoms with Crippen molar-refractivity contribution < 1.29 is 27.9 Å². The van der Waals surface area contributed by atoms with Gasteiger partial charge < -0.3 is 10.4 Å². The van der Waals surface area contributed by atoms with Crippen molar-refractivity contribution in [1.82, 2.24) is 5.32 Å². The van der Waals surface area contributed by atoms with E-state index in [2.05, 4.69) is 5.32 Å². The summed E-state index contributed by atoms with van der Waals surface area (Å²) < 4.78 is 37.3. The van der Waals surface area contributed by atoms with Crippen molar-refractivity contribution >= 4 is 11.7 Å². The summed E-state index contributed by atoms with van der Waals surface area (Å²) in [6, 6.07) is -0.899. The molecule has 0 aliphatic heterocycles. The summed E-state index contributed by atoms with van der Waals surface area (Å²) in [6.07, 6.45) is -6.05. The predicted molar refractivity (Wildman–Crippen MR) is 63.4 cm³/mol. The Morgan fingerprint density at radius 3 is 1.84 bits per heavy atom. The summed E-state index contributed by atoms with van der Waals surface area (Å²) in [6.45, 7) is 6.81. The Morgan fingerprint density at radius 2 is 1.58 bits per heavy atom. The highest BCUT2D eigenvalue weighted by Crippen LogP contribution is 2.32. The first-order chi connectivity index (χ1) is 8.18. The lowest BCUT2D eigenvalue weighted by Gasteiger charge is -2.31. The second-order valence-electron chi connectivity index (χ2n) is 5.93. The molecule has 112 valence electrons. The molecule has 1 amide bonds. The van der Waals surface area contributed by atoms with E-state index in [1.54, 1.807) is 20.8 Å². The molecule has 0 saturated heterocycles. The SMILES string of the molecule is CC(=O)C(NC(=O)CC(C)(O)C(F)(F)F)C(C)(C)C. The van der Waals surface area contributed by atoms with Crippen molar-refractivity contribution in [2.45, 2.75) is 58.9 Å². The maximum atomic E-state index is 12.4. The number of alkyl halides is 3. The van der Waals surface area contributed by atoms with Gasteiger partial charge in [0.15, 0.2) is 11.4 Å². The molecule has 0 aliphatic carbocycles. The molecule has 0 rings (SSSR count). The zero-order chi connectivity index (χ0) is 15.6. The van der Waals surface area contributed by atoms with E-state index in [9.17, 15) is 27.9 Å². The molecule has 0 aromatic rings. The third-order valence-corrected chi connectivity index (χ3v) is 2.69. The fraction of sp³-hybridized carbons (Fsp3) is 0.833. The third kappa shape index (κ3) is 5.18. The molecule has 2 unspecified atom stereocenters. The quantitative estimate of drug-likeness (QED) is 0.827. The Balaban J connectivity index is 4.84. The monoisotopic (exact) mass is 283 g/mol.